The van der Waals surface area contributed by atoms with Gasteiger partial charge in [0.05, 0.1) is 17.1 Å². The second-order valence-corrected chi connectivity index (χ2v) is 9.81. The number of rotatable bonds is 8. The van der Waals surface area contributed by atoms with Crippen molar-refractivity contribution in [2.24, 2.45) is 0 Å². The van der Waals surface area contributed by atoms with E-state index in [4.69, 9.17) is 4.74 Å². The number of aromatic nitrogens is 4. The summed E-state index contributed by atoms with van der Waals surface area (Å²) < 4.78 is 61.7. The van der Waals surface area contributed by atoms with Crippen LogP contribution in [0.2, 0.25) is 0 Å². The monoisotopic (exact) mass is 531 g/mol. The fourth-order valence-corrected chi connectivity index (χ4v) is 3.98. The van der Waals surface area contributed by atoms with Gasteiger partial charge in [0.15, 0.2) is 17.4 Å². The molecule has 37 heavy (non-hydrogen) atoms. The predicted octanol–water partition coefficient (Wildman–Crippen LogP) is 4.07. The molecule has 2 aromatic heterocycles. The van der Waals surface area contributed by atoms with Crippen LogP contribution in [-0.4, -0.2) is 46.6 Å². The lowest BCUT2D eigenvalue weighted by Crippen LogP contribution is -2.28. The number of hydrogen-bond acceptors (Lipinski definition) is 7. The molecule has 4 aromatic rings. The Morgan fingerprint density at radius 1 is 1.05 bits per heavy atom. The van der Waals surface area contributed by atoms with Gasteiger partial charge < -0.3 is 15.4 Å². The van der Waals surface area contributed by atoms with Crippen LogP contribution >= 0.6 is 0 Å². The summed E-state index contributed by atoms with van der Waals surface area (Å²) in [6.07, 6.45) is 0. The maximum absolute atomic E-state index is 14.4. The van der Waals surface area contributed by atoms with Crippen molar-refractivity contribution in [2.45, 2.75) is 20.8 Å². The van der Waals surface area contributed by atoms with Crippen molar-refractivity contribution in [1.82, 2.24) is 25.1 Å². The van der Waals surface area contributed by atoms with Gasteiger partial charge in [0.1, 0.15) is 11.6 Å². The molecule has 194 valence electrons. The largest absolute Gasteiger partial charge is 0.454 e. The topological polar surface area (TPSA) is 140 Å². The molecule has 14 heteroatoms. The molecule has 2 amide bonds. The number of aryl methyl sites for hydroxylation is 1. The predicted molar refractivity (Wildman–Crippen MR) is 133 cm³/mol. The highest BCUT2D eigenvalue weighted by atomic mass is 32.2. The number of halogens is 2. The van der Waals surface area contributed by atoms with Gasteiger partial charge in [-0.2, -0.15) is 9.61 Å². The number of nitrogens with one attached hydrogen (secondary N) is 3. The Morgan fingerprint density at radius 2 is 1.81 bits per heavy atom. The maximum atomic E-state index is 14.4. The lowest BCUT2D eigenvalue weighted by Gasteiger charge is -2.15. The Labute approximate surface area is 210 Å². The summed E-state index contributed by atoms with van der Waals surface area (Å²) in [4.78, 5) is 12.3. The van der Waals surface area contributed by atoms with Crippen molar-refractivity contribution in [1.29, 1.82) is 0 Å². The van der Waals surface area contributed by atoms with Crippen molar-refractivity contribution in [3.63, 3.8) is 0 Å². The van der Waals surface area contributed by atoms with Gasteiger partial charge in [0.25, 0.3) is 0 Å². The van der Waals surface area contributed by atoms with Crippen molar-refractivity contribution < 1.29 is 26.7 Å². The Morgan fingerprint density at radius 3 is 2.51 bits per heavy atom. The van der Waals surface area contributed by atoms with E-state index in [1.165, 1.54) is 35.7 Å². The Balaban J connectivity index is 1.89. The summed E-state index contributed by atoms with van der Waals surface area (Å²) in [5, 5.41) is 17.9. The third-order valence-corrected chi connectivity index (χ3v) is 6.44. The number of ether oxygens (including phenoxy) is 1. The van der Waals surface area contributed by atoms with Crippen LogP contribution < -0.4 is 20.1 Å². The van der Waals surface area contributed by atoms with Crippen LogP contribution in [0.25, 0.3) is 16.9 Å². The SMILES string of the molecule is CCNC(=O)Nc1cc(-c2cc(NS(=O)(=O)CC)ccc2Oc2ccc(F)cc2F)nn2c(C)nnc12. The number of carbonyl (C=O) groups is 1. The number of anilines is 2. The van der Waals surface area contributed by atoms with Crippen molar-refractivity contribution in [3.05, 3.63) is 59.9 Å². The van der Waals surface area contributed by atoms with E-state index in [0.29, 0.717) is 18.4 Å². The zero-order valence-corrected chi connectivity index (χ0v) is 20.9. The fraction of sp³-hybridized carbons (Fsp3) is 0.217. The second-order valence-electron chi connectivity index (χ2n) is 7.80. The third kappa shape index (κ3) is 5.74. The molecule has 2 heterocycles. The molecule has 0 unspecified atom stereocenters. The zero-order chi connectivity index (χ0) is 26.7. The van der Waals surface area contributed by atoms with Gasteiger partial charge in [-0.25, -0.2) is 22.0 Å². The number of carbonyl (C=O) groups excluding carboxylic acids is 1. The first-order valence-electron chi connectivity index (χ1n) is 11.2. The fourth-order valence-electron chi connectivity index (χ4n) is 3.34. The molecule has 0 radical (unpaired) electrons. The minimum Gasteiger partial charge on any atom is -0.454 e. The third-order valence-electron chi connectivity index (χ3n) is 5.13. The number of fused-ring (bicyclic) bond motifs is 1. The van der Waals surface area contributed by atoms with Gasteiger partial charge in [0.2, 0.25) is 15.7 Å². The Hall–Kier alpha value is -4.33. The van der Waals surface area contributed by atoms with E-state index in [-0.39, 0.29) is 45.5 Å². The van der Waals surface area contributed by atoms with Gasteiger partial charge in [-0.1, -0.05) is 0 Å². The van der Waals surface area contributed by atoms with Gasteiger partial charge in [0, 0.05) is 23.9 Å². The van der Waals surface area contributed by atoms with Gasteiger partial charge in [-0.05, 0) is 57.2 Å². The second kappa shape index (κ2) is 10.3. The molecule has 11 nitrogen and oxygen atoms in total. The highest BCUT2D eigenvalue weighted by molar-refractivity contribution is 7.92. The summed E-state index contributed by atoms with van der Waals surface area (Å²) in [6, 6.07) is 8.17. The number of urea groups is 1. The first-order valence-corrected chi connectivity index (χ1v) is 12.8. The van der Waals surface area contributed by atoms with Crippen LogP contribution in [0.5, 0.6) is 11.5 Å². The average Bonchev–Trinajstić information content (AvgIpc) is 3.22. The number of nitrogens with zero attached hydrogens (tertiary/aromatic N) is 4. The summed E-state index contributed by atoms with van der Waals surface area (Å²) in [5.74, 6) is -1.63. The Kier molecular flexibility index (Phi) is 7.20. The standard InChI is InChI=1S/C23H23F2N7O4S/c1-4-26-23(33)27-19-12-18(30-32-13(3)28-29-22(19)32)16-11-15(31-37(34,35)5-2)7-9-20(16)36-21-8-6-14(24)10-17(21)25/h6-12,31H,4-5H2,1-3H3,(H2,26,27,33). The van der Waals surface area contributed by atoms with Crippen LogP contribution in [0, 0.1) is 18.6 Å². The lowest BCUT2D eigenvalue weighted by atomic mass is 10.1. The number of amides is 2. The molecule has 0 aliphatic rings. The van der Waals surface area contributed by atoms with Crippen molar-refractivity contribution >= 4 is 33.1 Å². The molecule has 0 saturated carbocycles. The Bertz CT molecular complexity index is 1590. The van der Waals surface area contributed by atoms with E-state index in [1.807, 2.05) is 0 Å². The molecular formula is C23H23F2N7O4S. The van der Waals surface area contributed by atoms with E-state index >= 15 is 0 Å². The molecular weight excluding hydrogens is 508 g/mol. The highest BCUT2D eigenvalue weighted by Gasteiger charge is 2.19. The van der Waals surface area contributed by atoms with Crippen molar-refractivity contribution in [3.8, 4) is 22.8 Å². The van der Waals surface area contributed by atoms with Crippen LogP contribution in [0.4, 0.5) is 25.0 Å². The molecule has 4 rings (SSSR count). The van der Waals surface area contributed by atoms with Crippen LogP contribution in [-0.2, 0) is 10.0 Å². The number of benzene rings is 2. The smallest absolute Gasteiger partial charge is 0.319 e. The number of sulfonamides is 1. The van der Waals surface area contributed by atoms with Gasteiger partial charge in [-0.3, -0.25) is 4.72 Å². The average molecular weight is 532 g/mol. The highest BCUT2D eigenvalue weighted by Crippen LogP contribution is 2.37. The summed E-state index contributed by atoms with van der Waals surface area (Å²) in [6.45, 7) is 5.29. The first-order chi connectivity index (χ1) is 17.6. The van der Waals surface area contributed by atoms with Gasteiger partial charge in [-0.15, -0.1) is 10.2 Å². The molecule has 0 fully saturated rings. The molecule has 0 atom stereocenters. The lowest BCUT2D eigenvalue weighted by molar-refractivity contribution is 0.252. The van der Waals surface area contributed by atoms with E-state index in [1.54, 1.807) is 13.8 Å². The molecule has 0 bridgehead atoms. The first kappa shape index (κ1) is 25.8. The van der Waals surface area contributed by atoms with Gasteiger partial charge >= 0.3 is 6.03 Å². The van der Waals surface area contributed by atoms with Crippen LogP contribution in [0.15, 0.2) is 42.5 Å². The molecule has 3 N–H and O–H groups in total. The van der Waals surface area contributed by atoms with E-state index in [2.05, 4.69) is 30.7 Å². The van der Waals surface area contributed by atoms with Crippen LogP contribution in [0.1, 0.15) is 19.7 Å². The minimum atomic E-state index is -3.62. The molecule has 0 saturated heterocycles. The summed E-state index contributed by atoms with van der Waals surface area (Å²) in [7, 11) is -3.62. The number of hydrogen-bond donors (Lipinski definition) is 3. The molecule has 2 aromatic carbocycles. The van der Waals surface area contributed by atoms with Crippen LogP contribution in [0.3, 0.4) is 0 Å². The maximum Gasteiger partial charge on any atom is 0.319 e. The van der Waals surface area contributed by atoms with E-state index in [0.717, 1.165) is 12.1 Å². The summed E-state index contributed by atoms with van der Waals surface area (Å²) in [5.41, 5.74) is 1.19. The quantitative estimate of drug-likeness (QED) is 0.311. The van der Waals surface area contributed by atoms with Crippen molar-refractivity contribution in [2.75, 3.05) is 22.3 Å². The molecule has 0 spiro atoms. The minimum absolute atomic E-state index is 0.0893. The van der Waals surface area contributed by atoms with E-state index in [9.17, 15) is 22.0 Å². The zero-order valence-electron chi connectivity index (χ0n) is 20.0. The molecule has 0 aliphatic carbocycles. The summed E-state index contributed by atoms with van der Waals surface area (Å²) >= 11 is 0. The molecule has 0 aliphatic heterocycles. The van der Waals surface area contributed by atoms with E-state index < -0.39 is 27.7 Å². The normalized spacial score (nSPS) is 11.4.